The molecule has 0 bridgehead atoms. The molecule has 0 aliphatic heterocycles. The third-order valence-electron chi connectivity index (χ3n) is 1.72. The summed E-state index contributed by atoms with van der Waals surface area (Å²) in [4.78, 5) is 21.8. The van der Waals surface area contributed by atoms with Gasteiger partial charge in [0.15, 0.2) is 0 Å². The van der Waals surface area contributed by atoms with Crippen molar-refractivity contribution in [3.63, 3.8) is 0 Å². The lowest BCUT2D eigenvalue weighted by Crippen LogP contribution is -2.21. The van der Waals surface area contributed by atoms with Gasteiger partial charge in [-0.2, -0.15) is 0 Å². The Balaban J connectivity index is 4.35. The van der Waals surface area contributed by atoms with Crippen LogP contribution < -0.4 is 0 Å². The van der Waals surface area contributed by atoms with E-state index < -0.39 is 17.9 Å². The molecule has 0 aromatic carbocycles. The molecule has 78 valence electrons. The Hall–Kier alpha value is -1.58. The van der Waals surface area contributed by atoms with Crippen LogP contribution in [0.3, 0.4) is 0 Å². The standard InChI is InChI=1S/C10H14O4/c1-4-6-14-10(13)7(3)8(5-2)9(11)12/h4,8H,1,3,5-6H2,2H3,(H,11,12). The van der Waals surface area contributed by atoms with Crippen LogP contribution in [0.4, 0.5) is 0 Å². The van der Waals surface area contributed by atoms with Crippen molar-refractivity contribution in [2.45, 2.75) is 13.3 Å². The summed E-state index contributed by atoms with van der Waals surface area (Å²) in [5.74, 6) is -2.61. The molecule has 0 rings (SSSR count). The monoisotopic (exact) mass is 198 g/mol. The number of carboxylic acids is 1. The van der Waals surface area contributed by atoms with Crippen molar-refractivity contribution in [1.82, 2.24) is 0 Å². The number of ether oxygens (including phenoxy) is 1. The van der Waals surface area contributed by atoms with Gasteiger partial charge in [0.25, 0.3) is 0 Å². The van der Waals surface area contributed by atoms with Crippen LogP contribution in [0.5, 0.6) is 0 Å². The summed E-state index contributed by atoms with van der Waals surface area (Å²) in [6.45, 7) is 8.51. The molecule has 0 aromatic heterocycles. The highest BCUT2D eigenvalue weighted by Gasteiger charge is 2.24. The average molecular weight is 198 g/mol. The first-order chi connectivity index (χ1) is 6.54. The fraction of sp³-hybridized carbons (Fsp3) is 0.400. The van der Waals surface area contributed by atoms with Gasteiger partial charge in [0.2, 0.25) is 0 Å². The first kappa shape index (κ1) is 12.4. The predicted octanol–water partition coefficient (Wildman–Crippen LogP) is 1.38. The van der Waals surface area contributed by atoms with Crippen LogP contribution in [0.1, 0.15) is 13.3 Å². The SMILES string of the molecule is C=CCOC(=O)C(=C)C(CC)C(=O)O. The Kier molecular flexibility index (Phi) is 5.29. The number of hydrogen-bond donors (Lipinski definition) is 1. The molecule has 4 heteroatoms. The highest BCUT2D eigenvalue weighted by molar-refractivity contribution is 5.94. The van der Waals surface area contributed by atoms with Crippen LogP contribution in [0.2, 0.25) is 0 Å². The molecule has 0 saturated heterocycles. The summed E-state index contributed by atoms with van der Waals surface area (Å²) < 4.78 is 4.67. The number of rotatable bonds is 6. The van der Waals surface area contributed by atoms with E-state index in [1.54, 1.807) is 6.92 Å². The quantitative estimate of drug-likeness (QED) is 0.398. The fourth-order valence-electron chi connectivity index (χ4n) is 0.940. The van der Waals surface area contributed by atoms with Gasteiger partial charge in [0.1, 0.15) is 6.61 Å². The first-order valence-electron chi connectivity index (χ1n) is 4.24. The molecule has 14 heavy (non-hydrogen) atoms. The maximum absolute atomic E-state index is 11.2. The molecule has 0 aromatic rings. The number of hydrogen-bond acceptors (Lipinski definition) is 3. The second-order valence-corrected chi connectivity index (χ2v) is 2.71. The van der Waals surface area contributed by atoms with Gasteiger partial charge in [-0.05, 0) is 6.42 Å². The molecule has 0 fully saturated rings. The lowest BCUT2D eigenvalue weighted by Gasteiger charge is -2.11. The number of esters is 1. The minimum absolute atomic E-state index is 0.0261. The summed E-state index contributed by atoms with van der Waals surface area (Å²) in [5, 5.41) is 8.73. The zero-order valence-electron chi connectivity index (χ0n) is 8.16. The minimum atomic E-state index is -1.06. The third-order valence-corrected chi connectivity index (χ3v) is 1.72. The predicted molar refractivity (Wildman–Crippen MR) is 51.7 cm³/mol. The maximum atomic E-state index is 11.2. The second-order valence-electron chi connectivity index (χ2n) is 2.71. The van der Waals surface area contributed by atoms with Crippen molar-refractivity contribution in [2.24, 2.45) is 5.92 Å². The summed E-state index contributed by atoms with van der Waals surface area (Å²) in [7, 11) is 0. The van der Waals surface area contributed by atoms with Crippen molar-refractivity contribution in [2.75, 3.05) is 6.61 Å². The number of carboxylic acid groups (broad SMARTS) is 1. The lowest BCUT2D eigenvalue weighted by molar-refractivity contribution is -0.145. The summed E-state index contributed by atoms with van der Waals surface area (Å²) >= 11 is 0. The summed E-state index contributed by atoms with van der Waals surface area (Å²) in [6.07, 6.45) is 1.73. The van der Waals surface area contributed by atoms with Gasteiger partial charge < -0.3 is 9.84 Å². The molecule has 0 saturated carbocycles. The Bertz CT molecular complexity index is 255. The van der Waals surface area contributed by atoms with Gasteiger partial charge >= 0.3 is 11.9 Å². The van der Waals surface area contributed by atoms with Crippen LogP contribution in [0.15, 0.2) is 24.8 Å². The molecule has 0 aliphatic carbocycles. The Morgan fingerprint density at radius 3 is 2.50 bits per heavy atom. The molecule has 1 unspecified atom stereocenters. The van der Waals surface area contributed by atoms with Gasteiger partial charge in [-0.25, -0.2) is 4.79 Å². The molecule has 1 N–H and O–H groups in total. The van der Waals surface area contributed by atoms with E-state index in [0.717, 1.165) is 0 Å². The van der Waals surface area contributed by atoms with E-state index in [1.807, 2.05) is 0 Å². The van der Waals surface area contributed by atoms with Crippen molar-refractivity contribution in [3.8, 4) is 0 Å². The van der Waals surface area contributed by atoms with Crippen molar-refractivity contribution in [3.05, 3.63) is 24.8 Å². The van der Waals surface area contributed by atoms with Crippen LogP contribution in [-0.2, 0) is 14.3 Å². The normalized spacial score (nSPS) is 11.5. The summed E-state index contributed by atoms with van der Waals surface area (Å²) in [6, 6.07) is 0. The lowest BCUT2D eigenvalue weighted by atomic mass is 9.98. The largest absolute Gasteiger partial charge is 0.481 e. The van der Waals surface area contributed by atoms with Gasteiger partial charge in [-0.3, -0.25) is 4.79 Å². The van der Waals surface area contributed by atoms with Crippen LogP contribution >= 0.6 is 0 Å². The average Bonchev–Trinajstić information content (AvgIpc) is 2.14. The highest BCUT2D eigenvalue weighted by Crippen LogP contribution is 2.14. The van der Waals surface area contributed by atoms with Gasteiger partial charge in [0.05, 0.1) is 5.92 Å². The molecule has 0 radical (unpaired) electrons. The highest BCUT2D eigenvalue weighted by atomic mass is 16.5. The first-order valence-corrected chi connectivity index (χ1v) is 4.24. The van der Waals surface area contributed by atoms with Crippen LogP contribution in [0, 0.1) is 5.92 Å². The maximum Gasteiger partial charge on any atom is 0.334 e. The van der Waals surface area contributed by atoms with Crippen molar-refractivity contribution >= 4 is 11.9 Å². The van der Waals surface area contributed by atoms with Gasteiger partial charge in [0, 0.05) is 5.57 Å². The molecule has 0 amide bonds. The van der Waals surface area contributed by atoms with Gasteiger partial charge in [-0.15, -0.1) is 0 Å². The molecular weight excluding hydrogens is 184 g/mol. The van der Waals surface area contributed by atoms with E-state index in [0.29, 0.717) is 6.42 Å². The van der Waals surface area contributed by atoms with Crippen LogP contribution in [-0.4, -0.2) is 23.7 Å². The Labute approximate surface area is 82.9 Å². The second kappa shape index (κ2) is 5.96. The van der Waals surface area contributed by atoms with E-state index in [1.165, 1.54) is 6.08 Å². The van der Waals surface area contributed by atoms with Gasteiger partial charge in [-0.1, -0.05) is 26.2 Å². The number of aliphatic carboxylic acids is 1. The molecule has 0 aliphatic rings. The minimum Gasteiger partial charge on any atom is -0.481 e. The van der Waals surface area contributed by atoms with E-state index in [4.69, 9.17) is 5.11 Å². The smallest absolute Gasteiger partial charge is 0.334 e. The molecular formula is C10H14O4. The summed E-state index contributed by atoms with van der Waals surface area (Å²) in [5.41, 5.74) is -0.0261. The van der Waals surface area contributed by atoms with E-state index in [9.17, 15) is 9.59 Å². The van der Waals surface area contributed by atoms with E-state index in [-0.39, 0.29) is 12.2 Å². The zero-order chi connectivity index (χ0) is 11.1. The van der Waals surface area contributed by atoms with E-state index in [2.05, 4.69) is 17.9 Å². The van der Waals surface area contributed by atoms with Crippen molar-refractivity contribution in [1.29, 1.82) is 0 Å². The topological polar surface area (TPSA) is 63.6 Å². The molecule has 4 nitrogen and oxygen atoms in total. The molecule has 0 heterocycles. The number of carbonyl (C=O) groups excluding carboxylic acids is 1. The van der Waals surface area contributed by atoms with Crippen molar-refractivity contribution < 1.29 is 19.4 Å². The zero-order valence-corrected chi connectivity index (χ0v) is 8.16. The third kappa shape index (κ3) is 3.43. The molecule has 1 atom stereocenters. The van der Waals surface area contributed by atoms with Crippen LogP contribution in [0.25, 0.3) is 0 Å². The Morgan fingerprint density at radius 1 is 1.57 bits per heavy atom. The molecule has 0 spiro atoms. The fourth-order valence-corrected chi connectivity index (χ4v) is 0.940. The Morgan fingerprint density at radius 2 is 2.14 bits per heavy atom. The van der Waals surface area contributed by atoms with E-state index >= 15 is 0 Å². The number of carbonyl (C=O) groups is 2.